The van der Waals surface area contributed by atoms with Crippen molar-refractivity contribution in [3.63, 3.8) is 0 Å². The molecule has 3 rings (SSSR count). The van der Waals surface area contributed by atoms with Gasteiger partial charge in [0.2, 0.25) is 11.8 Å². The molecule has 0 spiro atoms. The van der Waals surface area contributed by atoms with E-state index in [1.807, 2.05) is 66.2 Å². The third-order valence-electron chi connectivity index (χ3n) is 5.75. The van der Waals surface area contributed by atoms with Crippen LogP contribution in [0, 0.1) is 5.92 Å². The van der Waals surface area contributed by atoms with Crippen LogP contribution >= 0.6 is 0 Å². The predicted octanol–water partition coefficient (Wildman–Crippen LogP) is 3.70. The standard InChI is InChI=1S/C24H30N2O3/c1-4-26-22(27)14-13-21(23(26)19-11-8-12-20(17-19)29-3)24(28)25(2)16-15-18-9-6-5-7-10-18/h5-12,17,21,23H,4,13-16H2,1-3H3/t21-,23+/m1/s1. The Kier molecular flexibility index (Phi) is 6.91. The minimum absolute atomic E-state index is 0.0969. The van der Waals surface area contributed by atoms with E-state index in [9.17, 15) is 9.59 Å². The van der Waals surface area contributed by atoms with E-state index in [-0.39, 0.29) is 23.8 Å². The van der Waals surface area contributed by atoms with Crippen LogP contribution < -0.4 is 4.74 Å². The van der Waals surface area contributed by atoms with Crippen LogP contribution in [0.5, 0.6) is 5.75 Å². The molecule has 5 nitrogen and oxygen atoms in total. The van der Waals surface area contributed by atoms with Crippen LogP contribution in [-0.2, 0) is 16.0 Å². The molecular formula is C24H30N2O3. The van der Waals surface area contributed by atoms with E-state index >= 15 is 0 Å². The molecule has 0 bridgehead atoms. The molecule has 5 heteroatoms. The summed E-state index contributed by atoms with van der Waals surface area (Å²) in [5.74, 6) is 0.691. The molecule has 2 amide bonds. The van der Waals surface area contributed by atoms with Crippen LogP contribution in [0.4, 0.5) is 0 Å². The molecule has 154 valence electrons. The first-order chi connectivity index (χ1) is 14.0. The average molecular weight is 395 g/mol. The van der Waals surface area contributed by atoms with Gasteiger partial charge in [0.05, 0.1) is 19.1 Å². The normalized spacial score (nSPS) is 19.1. The van der Waals surface area contributed by atoms with Gasteiger partial charge in [-0.05, 0) is 43.0 Å². The first-order valence-electron chi connectivity index (χ1n) is 10.3. The van der Waals surface area contributed by atoms with E-state index in [0.29, 0.717) is 25.9 Å². The number of likely N-dealkylation sites (tertiary alicyclic amines) is 1. The first kappa shape index (κ1) is 20.9. The molecule has 0 N–H and O–H groups in total. The molecule has 0 radical (unpaired) electrons. The monoisotopic (exact) mass is 394 g/mol. The van der Waals surface area contributed by atoms with E-state index in [1.165, 1.54) is 5.56 Å². The minimum Gasteiger partial charge on any atom is -0.497 e. The SMILES string of the molecule is CCN1C(=O)CC[C@@H](C(=O)N(C)CCc2ccccc2)[C@@H]1c1cccc(OC)c1. The quantitative estimate of drug-likeness (QED) is 0.720. The van der Waals surface area contributed by atoms with E-state index in [4.69, 9.17) is 4.74 Å². The maximum atomic E-state index is 13.4. The van der Waals surface area contributed by atoms with Crippen LogP contribution in [0.25, 0.3) is 0 Å². The van der Waals surface area contributed by atoms with E-state index in [1.54, 1.807) is 7.11 Å². The molecule has 1 aliphatic rings. The lowest BCUT2D eigenvalue weighted by Gasteiger charge is -2.41. The van der Waals surface area contributed by atoms with Gasteiger partial charge in [0, 0.05) is 26.6 Å². The third-order valence-corrected chi connectivity index (χ3v) is 5.75. The number of hydrogen-bond donors (Lipinski definition) is 0. The molecule has 1 aliphatic heterocycles. The summed E-state index contributed by atoms with van der Waals surface area (Å²) >= 11 is 0. The number of carbonyl (C=O) groups is 2. The molecule has 2 atom stereocenters. The van der Waals surface area contributed by atoms with E-state index in [2.05, 4.69) is 12.1 Å². The van der Waals surface area contributed by atoms with E-state index in [0.717, 1.165) is 17.7 Å². The fourth-order valence-corrected chi connectivity index (χ4v) is 4.16. The predicted molar refractivity (Wildman–Crippen MR) is 114 cm³/mol. The van der Waals surface area contributed by atoms with Gasteiger partial charge in [-0.15, -0.1) is 0 Å². The molecule has 1 saturated heterocycles. The van der Waals surface area contributed by atoms with Gasteiger partial charge in [0.1, 0.15) is 5.75 Å². The van der Waals surface area contributed by atoms with Gasteiger partial charge in [-0.3, -0.25) is 9.59 Å². The lowest BCUT2D eigenvalue weighted by molar-refractivity contribution is -0.147. The van der Waals surface area contributed by atoms with Crippen LogP contribution in [0.1, 0.15) is 36.9 Å². The fraction of sp³-hybridized carbons (Fsp3) is 0.417. The van der Waals surface area contributed by atoms with Crippen LogP contribution in [-0.4, -0.2) is 48.9 Å². The molecule has 29 heavy (non-hydrogen) atoms. The Morgan fingerprint density at radius 1 is 1.17 bits per heavy atom. The third kappa shape index (κ3) is 4.78. The zero-order valence-corrected chi connectivity index (χ0v) is 17.5. The summed E-state index contributed by atoms with van der Waals surface area (Å²) in [6.45, 7) is 3.21. The Hall–Kier alpha value is -2.82. The zero-order valence-electron chi connectivity index (χ0n) is 17.5. The highest BCUT2D eigenvalue weighted by molar-refractivity contribution is 5.85. The maximum absolute atomic E-state index is 13.4. The molecular weight excluding hydrogens is 364 g/mol. The van der Waals surface area contributed by atoms with Gasteiger partial charge in [-0.2, -0.15) is 0 Å². The Labute approximate surface area is 173 Å². The topological polar surface area (TPSA) is 49.9 Å². The highest BCUT2D eigenvalue weighted by atomic mass is 16.5. The number of ether oxygens (including phenoxy) is 1. The smallest absolute Gasteiger partial charge is 0.227 e. The number of methoxy groups -OCH3 is 1. The Balaban J connectivity index is 1.81. The Morgan fingerprint density at radius 2 is 1.93 bits per heavy atom. The van der Waals surface area contributed by atoms with Crippen molar-refractivity contribution >= 4 is 11.8 Å². The minimum atomic E-state index is -0.261. The number of carbonyl (C=O) groups excluding carboxylic acids is 2. The number of rotatable bonds is 7. The lowest BCUT2D eigenvalue weighted by Crippen LogP contribution is -2.48. The number of nitrogens with zero attached hydrogens (tertiary/aromatic N) is 2. The largest absolute Gasteiger partial charge is 0.497 e. The second kappa shape index (κ2) is 9.59. The van der Waals surface area contributed by atoms with Crippen molar-refractivity contribution in [3.05, 3.63) is 65.7 Å². The van der Waals surface area contributed by atoms with Crippen molar-refractivity contribution in [1.29, 1.82) is 0 Å². The average Bonchev–Trinajstić information content (AvgIpc) is 2.77. The van der Waals surface area contributed by atoms with Gasteiger partial charge in [0.15, 0.2) is 0 Å². The number of hydrogen-bond acceptors (Lipinski definition) is 3. The molecule has 0 unspecified atom stereocenters. The van der Waals surface area contributed by atoms with Crippen LogP contribution in [0.3, 0.4) is 0 Å². The summed E-state index contributed by atoms with van der Waals surface area (Å²) in [6, 6.07) is 17.6. The summed E-state index contributed by atoms with van der Waals surface area (Å²) in [5.41, 5.74) is 2.17. The van der Waals surface area contributed by atoms with Crippen molar-refractivity contribution in [2.45, 2.75) is 32.2 Å². The second-order valence-electron chi connectivity index (χ2n) is 7.54. The molecule has 2 aromatic rings. The van der Waals surface area contributed by atoms with Gasteiger partial charge in [0.25, 0.3) is 0 Å². The van der Waals surface area contributed by atoms with Crippen molar-refractivity contribution in [2.75, 3.05) is 27.2 Å². The van der Waals surface area contributed by atoms with Gasteiger partial charge in [-0.1, -0.05) is 42.5 Å². The summed E-state index contributed by atoms with van der Waals surface area (Å²) in [4.78, 5) is 29.6. The maximum Gasteiger partial charge on any atom is 0.227 e. The number of benzene rings is 2. The highest BCUT2D eigenvalue weighted by Gasteiger charge is 2.41. The highest BCUT2D eigenvalue weighted by Crippen LogP contribution is 2.38. The second-order valence-corrected chi connectivity index (χ2v) is 7.54. The summed E-state index contributed by atoms with van der Waals surface area (Å²) in [5, 5.41) is 0. The lowest BCUT2D eigenvalue weighted by atomic mass is 9.83. The molecule has 0 aromatic heterocycles. The number of amides is 2. The molecule has 2 aromatic carbocycles. The van der Waals surface area contributed by atoms with Crippen LogP contribution in [0.15, 0.2) is 54.6 Å². The van der Waals surface area contributed by atoms with E-state index < -0.39 is 0 Å². The molecule has 1 heterocycles. The summed E-state index contributed by atoms with van der Waals surface area (Å²) < 4.78 is 5.37. The van der Waals surface area contributed by atoms with Gasteiger partial charge >= 0.3 is 0 Å². The van der Waals surface area contributed by atoms with Gasteiger partial charge < -0.3 is 14.5 Å². The van der Waals surface area contributed by atoms with Gasteiger partial charge in [-0.25, -0.2) is 0 Å². The summed E-state index contributed by atoms with van der Waals surface area (Å²) in [7, 11) is 3.49. The number of piperidine rings is 1. The van der Waals surface area contributed by atoms with Crippen molar-refractivity contribution < 1.29 is 14.3 Å². The molecule has 0 saturated carbocycles. The molecule has 0 aliphatic carbocycles. The number of likely N-dealkylation sites (N-methyl/N-ethyl adjacent to an activating group) is 1. The van der Waals surface area contributed by atoms with Crippen molar-refractivity contribution in [3.8, 4) is 5.75 Å². The first-order valence-corrected chi connectivity index (χ1v) is 10.3. The zero-order chi connectivity index (χ0) is 20.8. The van der Waals surface area contributed by atoms with Crippen molar-refractivity contribution in [1.82, 2.24) is 9.80 Å². The molecule has 1 fully saturated rings. The Bertz CT molecular complexity index is 837. The Morgan fingerprint density at radius 3 is 2.62 bits per heavy atom. The summed E-state index contributed by atoms with van der Waals surface area (Å²) in [6.07, 6.45) is 1.80. The van der Waals surface area contributed by atoms with Crippen molar-refractivity contribution in [2.24, 2.45) is 5.92 Å². The fourth-order valence-electron chi connectivity index (χ4n) is 4.16. The van der Waals surface area contributed by atoms with Crippen LogP contribution in [0.2, 0.25) is 0 Å².